The van der Waals surface area contributed by atoms with Gasteiger partial charge in [0.2, 0.25) is 0 Å². The molecule has 0 aliphatic carbocycles. The lowest BCUT2D eigenvalue weighted by molar-refractivity contribution is 0.0888. The highest BCUT2D eigenvalue weighted by molar-refractivity contribution is 6.30. The molecule has 4 nitrogen and oxygen atoms in total. The van der Waals surface area contributed by atoms with E-state index in [0.717, 1.165) is 25.5 Å². The van der Waals surface area contributed by atoms with Crippen LogP contribution in [0.15, 0.2) is 18.2 Å². The van der Waals surface area contributed by atoms with E-state index in [2.05, 4.69) is 10.6 Å². The molecule has 1 atom stereocenters. The highest BCUT2D eigenvalue weighted by Crippen LogP contribution is 2.19. The van der Waals surface area contributed by atoms with Gasteiger partial charge in [-0.15, -0.1) is 12.4 Å². The van der Waals surface area contributed by atoms with Gasteiger partial charge in [-0.2, -0.15) is 0 Å². The molecule has 1 heterocycles. The molecular weight excluding hydrogens is 318 g/mol. The molecule has 1 unspecified atom stereocenters. The van der Waals surface area contributed by atoms with Crippen LogP contribution in [0.5, 0.6) is 0 Å². The van der Waals surface area contributed by atoms with Crippen molar-refractivity contribution in [1.82, 2.24) is 10.6 Å². The third-order valence-electron chi connectivity index (χ3n) is 3.52. The van der Waals surface area contributed by atoms with Crippen molar-refractivity contribution in [3.8, 4) is 0 Å². The molecule has 118 valence electrons. The number of amides is 1. The van der Waals surface area contributed by atoms with Crippen LogP contribution >= 0.6 is 24.0 Å². The van der Waals surface area contributed by atoms with Crippen LogP contribution in [0.3, 0.4) is 0 Å². The quantitative estimate of drug-likeness (QED) is 0.868. The van der Waals surface area contributed by atoms with E-state index in [0.29, 0.717) is 13.2 Å². The topological polar surface area (TPSA) is 50.4 Å². The predicted octanol–water partition coefficient (Wildman–Crippen LogP) is 2.40. The number of nitrogens with one attached hydrogen (secondary N) is 2. The highest BCUT2D eigenvalue weighted by Gasteiger charge is 2.34. The molecule has 21 heavy (non-hydrogen) atoms. The molecule has 0 radical (unpaired) electrons. The minimum Gasteiger partial charge on any atom is -0.383 e. The Balaban J connectivity index is 0.00000220. The fourth-order valence-corrected chi connectivity index (χ4v) is 2.65. The van der Waals surface area contributed by atoms with Gasteiger partial charge in [0.1, 0.15) is 5.82 Å². The number of carbonyl (C=O) groups is 1. The van der Waals surface area contributed by atoms with Crippen LogP contribution < -0.4 is 10.6 Å². The van der Waals surface area contributed by atoms with Crippen LogP contribution in [0.4, 0.5) is 4.39 Å². The van der Waals surface area contributed by atoms with Gasteiger partial charge in [-0.25, -0.2) is 4.39 Å². The first-order valence-electron chi connectivity index (χ1n) is 6.53. The number of ether oxygens (including phenoxy) is 1. The Morgan fingerprint density at radius 2 is 2.33 bits per heavy atom. The van der Waals surface area contributed by atoms with Crippen molar-refractivity contribution in [3.05, 3.63) is 34.6 Å². The van der Waals surface area contributed by atoms with Gasteiger partial charge in [0.25, 0.3) is 5.91 Å². The number of methoxy groups -OCH3 is 1. The van der Waals surface area contributed by atoms with Crippen LogP contribution in [-0.2, 0) is 4.74 Å². The van der Waals surface area contributed by atoms with Gasteiger partial charge in [0.15, 0.2) is 0 Å². The number of carbonyl (C=O) groups excluding carboxylic acids is 1. The molecule has 0 saturated carbocycles. The van der Waals surface area contributed by atoms with E-state index in [1.165, 1.54) is 12.1 Å². The lowest BCUT2D eigenvalue weighted by Gasteiger charge is -2.29. The zero-order chi connectivity index (χ0) is 14.6. The van der Waals surface area contributed by atoms with Crippen molar-refractivity contribution in [2.45, 2.75) is 18.4 Å². The summed E-state index contributed by atoms with van der Waals surface area (Å²) in [6, 6.07) is 4.02. The largest absolute Gasteiger partial charge is 0.383 e. The van der Waals surface area contributed by atoms with E-state index in [9.17, 15) is 9.18 Å². The highest BCUT2D eigenvalue weighted by atomic mass is 35.5. The maximum absolute atomic E-state index is 13.7. The van der Waals surface area contributed by atoms with Gasteiger partial charge in [-0.3, -0.25) is 4.79 Å². The molecule has 1 fully saturated rings. The lowest BCUT2D eigenvalue weighted by atomic mass is 9.98. The van der Waals surface area contributed by atoms with Crippen LogP contribution in [0.1, 0.15) is 23.2 Å². The Morgan fingerprint density at radius 1 is 1.57 bits per heavy atom. The molecule has 7 heteroatoms. The molecule has 0 bridgehead atoms. The zero-order valence-corrected chi connectivity index (χ0v) is 13.3. The van der Waals surface area contributed by atoms with Crippen molar-refractivity contribution in [2.24, 2.45) is 0 Å². The second kappa shape index (κ2) is 7.94. The normalized spacial score (nSPS) is 20.9. The van der Waals surface area contributed by atoms with E-state index in [4.69, 9.17) is 16.3 Å². The number of benzene rings is 1. The summed E-state index contributed by atoms with van der Waals surface area (Å²) >= 11 is 5.67. The summed E-state index contributed by atoms with van der Waals surface area (Å²) in [5.74, 6) is -1.06. The van der Waals surface area contributed by atoms with Crippen LogP contribution in [0, 0.1) is 5.82 Å². The Bertz CT molecular complexity index is 494. The lowest BCUT2D eigenvalue weighted by Crippen LogP contribution is -2.53. The number of hydrogen-bond acceptors (Lipinski definition) is 3. The predicted molar refractivity (Wildman–Crippen MR) is 82.8 cm³/mol. The molecule has 1 aromatic rings. The number of hydrogen-bond donors (Lipinski definition) is 2. The number of rotatable bonds is 5. The van der Waals surface area contributed by atoms with Crippen LogP contribution in [0.25, 0.3) is 0 Å². The van der Waals surface area contributed by atoms with Gasteiger partial charge in [0.05, 0.1) is 17.7 Å². The molecule has 1 aliphatic heterocycles. The Kier molecular flexibility index (Phi) is 6.87. The van der Waals surface area contributed by atoms with Crippen molar-refractivity contribution < 1.29 is 13.9 Å². The third-order valence-corrected chi connectivity index (χ3v) is 3.75. The molecule has 2 N–H and O–H groups in total. The van der Waals surface area contributed by atoms with Gasteiger partial charge in [0, 0.05) is 18.7 Å². The SMILES string of the molecule is COCC1(CNC(=O)c2ccc(Cl)cc2F)CCCN1.Cl. The molecule has 1 amide bonds. The Morgan fingerprint density at radius 3 is 2.90 bits per heavy atom. The van der Waals surface area contributed by atoms with E-state index < -0.39 is 11.7 Å². The summed E-state index contributed by atoms with van der Waals surface area (Å²) in [5.41, 5.74) is -0.257. The summed E-state index contributed by atoms with van der Waals surface area (Å²) in [7, 11) is 1.63. The van der Waals surface area contributed by atoms with E-state index in [1.54, 1.807) is 7.11 Å². The van der Waals surface area contributed by atoms with Gasteiger partial charge < -0.3 is 15.4 Å². The van der Waals surface area contributed by atoms with E-state index >= 15 is 0 Å². The maximum Gasteiger partial charge on any atom is 0.254 e. The molecule has 1 aliphatic rings. The van der Waals surface area contributed by atoms with Crippen molar-refractivity contribution >= 4 is 29.9 Å². The molecule has 0 aromatic heterocycles. The second-order valence-electron chi connectivity index (χ2n) is 5.05. The first-order valence-corrected chi connectivity index (χ1v) is 6.91. The maximum atomic E-state index is 13.7. The first kappa shape index (κ1) is 18.2. The zero-order valence-electron chi connectivity index (χ0n) is 11.7. The summed E-state index contributed by atoms with van der Waals surface area (Å²) in [6.45, 7) is 1.81. The summed E-state index contributed by atoms with van der Waals surface area (Å²) in [5, 5.41) is 6.38. The first-order chi connectivity index (χ1) is 9.56. The Hall–Kier alpha value is -0.880. The minimum absolute atomic E-state index is 0. The monoisotopic (exact) mass is 336 g/mol. The van der Waals surface area contributed by atoms with Crippen LogP contribution in [-0.4, -0.2) is 38.3 Å². The van der Waals surface area contributed by atoms with Crippen molar-refractivity contribution in [3.63, 3.8) is 0 Å². The van der Waals surface area contributed by atoms with Gasteiger partial charge >= 0.3 is 0 Å². The smallest absolute Gasteiger partial charge is 0.254 e. The van der Waals surface area contributed by atoms with E-state index in [-0.39, 0.29) is 28.5 Å². The minimum atomic E-state index is -0.616. The standard InChI is InChI=1S/C14H18ClFN2O2.ClH/c1-20-9-14(5-2-6-18-14)8-17-13(19)11-4-3-10(15)7-12(11)16;/h3-4,7,18H,2,5-6,8-9H2,1H3,(H,17,19);1H. The second-order valence-corrected chi connectivity index (χ2v) is 5.49. The molecule has 1 aromatic carbocycles. The summed E-state index contributed by atoms with van der Waals surface area (Å²) in [6.07, 6.45) is 1.96. The molecular formula is C14H19Cl2FN2O2. The van der Waals surface area contributed by atoms with Gasteiger partial charge in [-0.05, 0) is 37.6 Å². The summed E-state index contributed by atoms with van der Waals surface area (Å²) < 4.78 is 18.9. The fourth-order valence-electron chi connectivity index (χ4n) is 2.49. The number of halogens is 3. The average molecular weight is 337 g/mol. The fraction of sp³-hybridized carbons (Fsp3) is 0.500. The average Bonchev–Trinajstić information content (AvgIpc) is 2.85. The third kappa shape index (κ3) is 4.54. The molecule has 0 spiro atoms. The Labute approximate surface area is 134 Å². The van der Waals surface area contributed by atoms with Crippen LogP contribution in [0.2, 0.25) is 5.02 Å². The van der Waals surface area contributed by atoms with Crippen molar-refractivity contribution in [2.75, 3.05) is 26.8 Å². The van der Waals surface area contributed by atoms with E-state index in [1.807, 2.05) is 0 Å². The molecule has 1 saturated heterocycles. The van der Waals surface area contributed by atoms with Gasteiger partial charge in [-0.1, -0.05) is 11.6 Å². The summed E-state index contributed by atoms with van der Waals surface area (Å²) in [4.78, 5) is 12.0. The molecule has 2 rings (SSSR count). The van der Waals surface area contributed by atoms with Crippen molar-refractivity contribution in [1.29, 1.82) is 0 Å².